The van der Waals surface area contributed by atoms with Gasteiger partial charge in [-0.3, -0.25) is 0 Å². The average Bonchev–Trinajstić information content (AvgIpc) is 2.84. The molecular weight excluding hydrogens is 228 g/mol. The van der Waals surface area contributed by atoms with Crippen molar-refractivity contribution >= 4 is 5.69 Å². The third kappa shape index (κ3) is 2.80. The van der Waals surface area contributed by atoms with Gasteiger partial charge in [-0.05, 0) is 18.6 Å². The number of aromatic nitrogens is 3. The predicted octanol–water partition coefficient (Wildman–Crippen LogP) is 2.31. The van der Waals surface area contributed by atoms with E-state index in [9.17, 15) is 0 Å². The van der Waals surface area contributed by atoms with Gasteiger partial charge in [-0.25, -0.2) is 9.97 Å². The molecule has 0 aliphatic carbocycles. The lowest BCUT2D eigenvalue weighted by Gasteiger charge is -2.10. The molecule has 0 radical (unpaired) electrons. The van der Waals surface area contributed by atoms with Crippen LogP contribution in [0.1, 0.15) is 19.2 Å². The Morgan fingerprint density at radius 2 is 2.22 bits per heavy atom. The van der Waals surface area contributed by atoms with Crippen molar-refractivity contribution in [3.05, 3.63) is 36.5 Å². The molecule has 0 saturated carbocycles. The van der Waals surface area contributed by atoms with Crippen LogP contribution in [0.2, 0.25) is 0 Å². The van der Waals surface area contributed by atoms with Gasteiger partial charge >= 0.3 is 0 Å². The highest BCUT2D eigenvalue weighted by atomic mass is 16.5. The van der Waals surface area contributed by atoms with Gasteiger partial charge < -0.3 is 14.6 Å². The number of nitrogens with one attached hydrogen (secondary N) is 1. The lowest BCUT2D eigenvalue weighted by atomic mass is 10.4. The molecule has 0 aliphatic heterocycles. The van der Waals surface area contributed by atoms with Gasteiger partial charge in [0.2, 0.25) is 5.88 Å². The number of imidazole rings is 1. The van der Waals surface area contributed by atoms with Crippen LogP contribution in [0.5, 0.6) is 5.88 Å². The van der Waals surface area contributed by atoms with E-state index in [1.165, 1.54) is 0 Å². The normalized spacial score (nSPS) is 10.3. The summed E-state index contributed by atoms with van der Waals surface area (Å²) in [5, 5.41) is 3.29. The molecule has 0 amide bonds. The van der Waals surface area contributed by atoms with Crippen molar-refractivity contribution in [3.63, 3.8) is 0 Å². The van der Waals surface area contributed by atoms with E-state index in [0.717, 1.165) is 24.5 Å². The van der Waals surface area contributed by atoms with Crippen LogP contribution in [0.4, 0.5) is 5.69 Å². The highest BCUT2D eigenvalue weighted by molar-refractivity contribution is 5.51. The number of rotatable bonds is 6. The van der Waals surface area contributed by atoms with E-state index in [-0.39, 0.29) is 0 Å². The fourth-order valence-corrected chi connectivity index (χ4v) is 1.81. The molecule has 5 nitrogen and oxygen atoms in total. The van der Waals surface area contributed by atoms with E-state index in [0.29, 0.717) is 12.4 Å². The summed E-state index contributed by atoms with van der Waals surface area (Å²) in [6.45, 7) is 3.80. The van der Waals surface area contributed by atoms with E-state index in [1.807, 2.05) is 24.5 Å². The zero-order chi connectivity index (χ0) is 12.8. The minimum Gasteiger partial charge on any atom is -0.480 e. The van der Waals surface area contributed by atoms with Crippen molar-refractivity contribution in [3.8, 4) is 5.88 Å². The Kier molecular flexibility index (Phi) is 4.17. The molecule has 0 atom stereocenters. The predicted molar refractivity (Wildman–Crippen MR) is 70.6 cm³/mol. The summed E-state index contributed by atoms with van der Waals surface area (Å²) in [6, 6.07) is 3.82. The molecule has 5 heteroatoms. The molecule has 2 aromatic heterocycles. The molecule has 0 spiro atoms. The molecule has 0 unspecified atom stereocenters. The van der Waals surface area contributed by atoms with Crippen LogP contribution in [0.15, 0.2) is 30.7 Å². The fourth-order valence-electron chi connectivity index (χ4n) is 1.81. The average molecular weight is 246 g/mol. The van der Waals surface area contributed by atoms with Crippen molar-refractivity contribution in [1.29, 1.82) is 0 Å². The smallest absolute Gasteiger partial charge is 0.237 e. The first-order valence-electron chi connectivity index (χ1n) is 6.08. The maximum absolute atomic E-state index is 5.19. The third-order valence-electron chi connectivity index (χ3n) is 2.67. The summed E-state index contributed by atoms with van der Waals surface area (Å²) in [4.78, 5) is 8.49. The largest absolute Gasteiger partial charge is 0.480 e. The van der Waals surface area contributed by atoms with Crippen LogP contribution in [-0.2, 0) is 13.1 Å². The van der Waals surface area contributed by atoms with Crippen molar-refractivity contribution < 1.29 is 4.74 Å². The highest BCUT2D eigenvalue weighted by Gasteiger charge is 2.05. The minimum atomic E-state index is 0.603. The number of hydrogen-bond donors (Lipinski definition) is 1. The summed E-state index contributed by atoms with van der Waals surface area (Å²) in [5.41, 5.74) is 0.881. The van der Waals surface area contributed by atoms with E-state index < -0.39 is 0 Å². The number of ether oxygens (including phenoxy) is 1. The Bertz CT molecular complexity index is 495. The minimum absolute atomic E-state index is 0.603. The molecule has 0 aromatic carbocycles. The Hall–Kier alpha value is -2.04. The van der Waals surface area contributed by atoms with Crippen LogP contribution in [0.25, 0.3) is 0 Å². The van der Waals surface area contributed by atoms with Gasteiger partial charge in [0, 0.05) is 25.1 Å². The second-order valence-electron chi connectivity index (χ2n) is 3.95. The zero-order valence-corrected chi connectivity index (χ0v) is 10.8. The summed E-state index contributed by atoms with van der Waals surface area (Å²) >= 11 is 0. The van der Waals surface area contributed by atoms with Gasteiger partial charge in [-0.2, -0.15) is 0 Å². The first kappa shape index (κ1) is 12.4. The van der Waals surface area contributed by atoms with E-state index in [1.54, 1.807) is 13.3 Å². The van der Waals surface area contributed by atoms with Crippen LogP contribution >= 0.6 is 0 Å². The number of pyridine rings is 1. The summed E-state index contributed by atoms with van der Waals surface area (Å²) < 4.78 is 7.34. The van der Waals surface area contributed by atoms with Crippen LogP contribution in [-0.4, -0.2) is 21.6 Å². The van der Waals surface area contributed by atoms with Gasteiger partial charge in [0.05, 0.1) is 19.3 Å². The summed E-state index contributed by atoms with van der Waals surface area (Å²) in [5.74, 6) is 1.62. The number of nitrogens with zero attached hydrogens (tertiary/aromatic N) is 3. The standard InChI is InChI=1S/C13H18N4O/c1-3-8-17-9-7-14-12(17)10-16-11-5-4-6-15-13(11)18-2/h4-7,9,16H,3,8,10H2,1-2H3. The first-order valence-corrected chi connectivity index (χ1v) is 6.08. The van der Waals surface area contributed by atoms with Crippen molar-refractivity contribution in [2.75, 3.05) is 12.4 Å². The quantitative estimate of drug-likeness (QED) is 0.849. The zero-order valence-electron chi connectivity index (χ0n) is 10.8. The molecule has 2 aromatic rings. The van der Waals surface area contributed by atoms with E-state index in [4.69, 9.17) is 4.74 Å². The molecule has 1 N–H and O–H groups in total. The number of methoxy groups -OCH3 is 1. The van der Waals surface area contributed by atoms with E-state index >= 15 is 0 Å². The lowest BCUT2D eigenvalue weighted by molar-refractivity contribution is 0.399. The molecule has 0 bridgehead atoms. The number of hydrogen-bond acceptors (Lipinski definition) is 4. The molecular formula is C13H18N4O. The number of anilines is 1. The Morgan fingerprint density at radius 1 is 1.33 bits per heavy atom. The monoisotopic (exact) mass is 246 g/mol. The maximum Gasteiger partial charge on any atom is 0.237 e. The third-order valence-corrected chi connectivity index (χ3v) is 2.67. The van der Waals surface area contributed by atoms with Crippen molar-refractivity contribution in [2.24, 2.45) is 0 Å². The number of aryl methyl sites for hydroxylation is 1. The lowest BCUT2D eigenvalue weighted by Crippen LogP contribution is -2.09. The second-order valence-corrected chi connectivity index (χ2v) is 3.95. The van der Waals surface area contributed by atoms with Gasteiger partial charge in [0.15, 0.2) is 0 Å². The SMILES string of the molecule is CCCn1ccnc1CNc1cccnc1OC. The van der Waals surface area contributed by atoms with Gasteiger partial charge in [0.1, 0.15) is 5.82 Å². The van der Waals surface area contributed by atoms with Crippen LogP contribution in [0, 0.1) is 0 Å². The van der Waals surface area contributed by atoms with Gasteiger partial charge in [-0.1, -0.05) is 6.92 Å². The highest BCUT2D eigenvalue weighted by Crippen LogP contribution is 2.20. The molecule has 96 valence electrons. The fraction of sp³-hybridized carbons (Fsp3) is 0.385. The Balaban J connectivity index is 2.04. The van der Waals surface area contributed by atoms with Gasteiger partial charge in [0.25, 0.3) is 0 Å². The van der Waals surface area contributed by atoms with Crippen LogP contribution < -0.4 is 10.1 Å². The summed E-state index contributed by atoms with van der Waals surface area (Å²) in [7, 11) is 1.62. The topological polar surface area (TPSA) is 52.0 Å². The van der Waals surface area contributed by atoms with Gasteiger partial charge in [-0.15, -0.1) is 0 Å². The Morgan fingerprint density at radius 3 is 3.00 bits per heavy atom. The molecule has 2 rings (SSSR count). The van der Waals surface area contributed by atoms with E-state index in [2.05, 4.69) is 26.8 Å². The molecule has 0 aliphatic rings. The molecule has 0 fully saturated rings. The molecule has 0 saturated heterocycles. The maximum atomic E-state index is 5.19. The van der Waals surface area contributed by atoms with Crippen LogP contribution in [0.3, 0.4) is 0 Å². The molecule has 2 heterocycles. The Labute approximate surface area is 107 Å². The molecule has 18 heavy (non-hydrogen) atoms. The summed E-state index contributed by atoms with van der Waals surface area (Å²) in [6.07, 6.45) is 6.63. The second kappa shape index (κ2) is 6.05. The van der Waals surface area contributed by atoms with Crippen molar-refractivity contribution in [2.45, 2.75) is 26.4 Å². The first-order chi connectivity index (χ1) is 8.85. The van der Waals surface area contributed by atoms with Crippen molar-refractivity contribution in [1.82, 2.24) is 14.5 Å².